The average molecular weight is 504 g/mol. The second-order valence-corrected chi connectivity index (χ2v) is 10.3. The quantitative estimate of drug-likeness (QED) is 0.304. The van der Waals surface area contributed by atoms with Crippen molar-refractivity contribution in [3.8, 4) is 0 Å². The van der Waals surface area contributed by atoms with E-state index in [9.17, 15) is 9.59 Å². The van der Waals surface area contributed by atoms with Crippen LogP contribution in [0.25, 0.3) is 0 Å². The zero-order valence-corrected chi connectivity index (χ0v) is 21.9. The Labute approximate surface area is 217 Å². The Kier molecular flexibility index (Phi) is 8.25. The van der Waals surface area contributed by atoms with Crippen molar-refractivity contribution in [1.82, 2.24) is 19.7 Å². The first-order valence-electron chi connectivity index (χ1n) is 12.3. The molecule has 1 aromatic heterocycles. The Bertz CT molecular complexity index is 1230. The van der Waals surface area contributed by atoms with E-state index >= 15 is 0 Å². The summed E-state index contributed by atoms with van der Waals surface area (Å²) in [5, 5.41) is 12.5. The molecule has 7 nitrogen and oxygen atoms in total. The van der Waals surface area contributed by atoms with Crippen molar-refractivity contribution in [2.45, 2.75) is 57.3 Å². The number of allylic oxidation sites excluding steroid dienone is 1. The molecule has 1 fully saturated rings. The number of benzene rings is 2. The monoisotopic (exact) mass is 503 g/mol. The number of aromatic nitrogens is 3. The lowest BCUT2D eigenvalue weighted by atomic mass is 10.0. The Balaban J connectivity index is 1.48. The fourth-order valence-corrected chi connectivity index (χ4v) is 5.28. The van der Waals surface area contributed by atoms with Crippen LogP contribution >= 0.6 is 11.8 Å². The third-order valence-corrected chi connectivity index (χ3v) is 7.32. The van der Waals surface area contributed by atoms with Crippen LogP contribution in [-0.2, 0) is 11.3 Å². The van der Waals surface area contributed by atoms with Crippen molar-refractivity contribution < 1.29 is 9.59 Å². The summed E-state index contributed by atoms with van der Waals surface area (Å²) in [6.45, 7) is 11.3. The van der Waals surface area contributed by atoms with Crippen LogP contribution in [0.4, 0.5) is 5.69 Å². The summed E-state index contributed by atoms with van der Waals surface area (Å²) in [6, 6.07) is 15.4. The Morgan fingerprint density at radius 3 is 2.64 bits per heavy atom. The number of amides is 2. The summed E-state index contributed by atoms with van der Waals surface area (Å²) in [7, 11) is 0. The molecule has 0 aliphatic carbocycles. The Hall–Kier alpha value is -3.39. The van der Waals surface area contributed by atoms with Gasteiger partial charge in [0.1, 0.15) is 0 Å². The van der Waals surface area contributed by atoms with Crippen molar-refractivity contribution >= 4 is 29.3 Å². The van der Waals surface area contributed by atoms with Crippen molar-refractivity contribution in [2.24, 2.45) is 0 Å². The van der Waals surface area contributed by atoms with Gasteiger partial charge in [-0.05, 0) is 49.4 Å². The largest absolute Gasteiger partial charge is 0.328 e. The molecule has 188 valence electrons. The number of carbonyl (C=O) groups is 2. The molecule has 36 heavy (non-hydrogen) atoms. The Morgan fingerprint density at radius 1 is 1.17 bits per heavy atom. The molecular formula is C28H33N5O2S. The molecule has 1 aliphatic rings. The average Bonchev–Trinajstić information content (AvgIpc) is 3.50. The zero-order valence-electron chi connectivity index (χ0n) is 21.1. The van der Waals surface area contributed by atoms with Gasteiger partial charge in [-0.15, -0.1) is 16.8 Å². The summed E-state index contributed by atoms with van der Waals surface area (Å²) in [5.74, 6) is 1.16. The maximum Gasteiger partial charge on any atom is 0.254 e. The lowest BCUT2D eigenvalue weighted by Gasteiger charge is -2.24. The van der Waals surface area contributed by atoms with E-state index in [1.807, 2.05) is 64.9 Å². The van der Waals surface area contributed by atoms with Crippen LogP contribution in [0.2, 0.25) is 0 Å². The molecule has 8 heteroatoms. The van der Waals surface area contributed by atoms with E-state index in [1.54, 1.807) is 6.08 Å². The molecule has 1 saturated heterocycles. The second kappa shape index (κ2) is 11.6. The zero-order chi connectivity index (χ0) is 25.7. The van der Waals surface area contributed by atoms with Gasteiger partial charge in [0.2, 0.25) is 5.91 Å². The molecule has 1 unspecified atom stereocenters. The number of carbonyl (C=O) groups excluding carboxylic acids is 2. The summed E-state index contributed by atoms with van der Waals surface area (Å²) in [5.41, 5.74) is 3.74. The van der Waals surface area contributed by atoms with Crippen LogP contribution in [-0.4, -0.2) is 43.8 Å². The minimum Gasteiger partial charge on any atom is -0.328 e. The van der Waals surface area contributed by atoms with Crippen molar-refractivity contribution in [3.05, 3.63) is 83.7 Å². The highest BCUT2D eigenvalue weighted by Crippen LogP contribution is 2.34. The SMILES string of the molecule is C=CCn1c(SCC(=O)Nc2ccccc2C(C)C)nnc1C1CCCN1C(=O)c1ccc(C)cc1. The van der Waals surface area contributed by atoms with E-state index in [0.29, 0.717) is 29.7 Å². The third-order valence-electron chi connectivity index (χ3n) is 6.36. The first-order chi connectivity index (χ1) is 17.4. The molecule has 3 aromatic rings. The number of para-hydroxylation sites is 1. The normalized spacial score (nSPS) is 15.3. The predicted octanol–water partition coefficient (Wildman–Crippen LogP) is 5.60. The summed E-state index contributed by atoms with van der Waals surface area (Å²) in [6.07, 6.45) is 3.52. The van der Waals surface area contributed by atoms with Crippen LogP contribution in [0.15, 0.2) is 66.3 Å². The summed E-state index contributed by atoms with van der Waals surface area (Å²) >= 11 is 1.34. The fourth-order valence-electron chi connectivity index (χ4n) is 4.52. The molecule has 0 bridgehead atoms. The number of hydrogen-bond acceptors (Lipinski definition) is 5. The number of hydrogen-bond donors (Lipinski definition) is 1. The predicted molar refractivity (Wildman–Crippen MR) is 144 cm³/mol. The number of likely N-dealkylation sites (tertiary alicyclic amines) is 1. The number of rotatable bonds is 9. The first-order valence-corrected chi connectivity index (χ1v) is 13.3. The van der Waals surface area contributed by atoms with E-state index in [1.165, 1.54) is 11.8 Å². The number of anilines is 1. The highest BCUT2D eigenvalue weighted by Gasteiger charge is 2.34. The maximum atomic E-state index is 13.3. The standard InChI is InChI=1S/C28H33N5O2S/c1-5-16-33-26(24-11-8-17-32(24)27(35)21-14-12-20(4)13-15-21)30-31-28(33)36-18-25(34)29-23-10-7-6-9-22(23)19(2)3/h5-7,9-10,12-15,19,24H,1,8,11,16-18H2,2-4H3,(H,29,34). The van der Waals surface area contributed by atoms with Crippen LogP contribution in [0.5, 0.6) is 0 Å². The van der Waals surface area contributed by atoms with E-state index in [4.69, 9.17) is 0 Å². The van der Waals surface area contributed by atoms with Crippen LogP contribution in [0, 0.1) is 6.92 Å². The maximum absolute atomic E-state index is 13.3. The van der Waals surface area contributed by atoms with Gasteiger partial charge in [0.15, 0.2) is 11.0 Å². The molecule has 0 spiro atoms. The molecule has 1 N–H and O–H groups in total. The molecule has 2 aromatic carbocycles. The van der Waals surface area contributed by atoms with Gasteiger partial charge in [0.25, 0.3) is 5.91 Å². The molecule has 1 atom stereocenters. The van der Waals surface area contributed by atoms with Gasteiger partial charge in [-0.25, -0.2) is 0 Å². The van der Waals surface area contributed by atoms with E-state index < -0.39 is 0 Å². The molecule has 1 aliphatic heterocycles. The van der Waals surface area contributed by atoms with Gasteiger partial charge in [-0.2, -0.15) is 0 Å². The minimum atomic E-state index is -0.160. The lowest BCUT2D eigenvalue weighted by molar-refractivity contribution is -0.113. The Morgan fingerprint density at radius 2 is 1.92 bits per heavy atom. The van der Waals surface area contributed by atoms with E-state index in [2.05, 4.69) is 35.9 Å². The van der Waals surface area contributed by atoms with Crippen molar-refractivity contribution in [2.75, 3.05) is 17.6 Å². The number of nitrogens with zero attached hydrogens (tertiary/aromatic N) is 4. The first kappa shape index (κ1) is 25.7. The van der Waals surface area contributed by atoms with E-state index in [0.717, 1.165) is 35.5 Å². The highest BCUT2D eigenvalue weighted by atomic mass is 32.2. The smallest absolute Gasteiger partial charge is 0.254 e. The number of aryl methyl sites for hydroxylation is 1. The van der Waals surface area contributed by atoms with Crippen molar-refractivity contribution in [3.63, 3.8) is 0 Å². The molecule has 0 radical (unpaired) electrons. The minimum absolute atomic E-state index is 0.00283. The fraction of sp³-hybridized carbons (Fsp3) is 0.357. The van der Waals surface area contributed by atoms with Gasteiger partial charge >= 0.3 is 0 Å². The molecule has 2 amide bonds. The molecular weight excluding hydrogens is 470 g/mol. The van der Waals surface area contributed by atoms with Gasteiger partial charge in [0.05, 0.1) is 11.8 Å². The topological polar surface area (TPSA) is 80.1 Å². The molecule has 2 heterocycles. The van der Waals surface area contributed by atoms with Gasteiger partial charge < -0.3 is 14.8 Å². The van der Waals surface area contributed by atoms with Crippen LogP contribution in [0.3, 0.4) is 0 Å². The number of thioether (sulfide) groups is 1. The van der Waals surface area contributed by atoms with Gasteiger partial charge in [-0.3, -0.25) is 9.59 Å². The van der Waals surface area contributed by atoms with Crippen LogP contribution < -0.4 is 5.32 Å². The van der Waals surface area contributed by atoms with Gasteiger partial charge in [-0.1, -0.05) is 67.6 Å². The molecule has 4 rings (SSSR count). The van der Waals surface area contributed by atoms with E-state index in [-0.39, 0.29) is 23.6 Å². The third kappa shape index (κ3) is 5.70. The molecule has 0 saturated carbocycles. The second-order valence-electron chi connectivity index (χ2n) is 9.34. The lowest BCUT2D eigenvalue weighted by Crippen LogP contribution is -2.32. The summed E-state index contributed by atoms with van der Waals surface area (Å²) in [4.78, 5) is 27.9. The number of nitrogens with one attached hydrogen (secondary N) is 1. The van der Waals surface area contributed by atoms with Crippen LogP contribution in [0.1, 0.15) is 66.0 Å². The highest BCUT2D eigenvalue weighted by molar-refractivity contribution is 7.99. The van der Waals surface area contributed by atoms with Gasteiger partial charge in [0, 0.05) is 24.3 Å². The summed E-state index contributed by atoms with van der Waals surface area (Å²) < 4.78 is 1.97. The van der Waals surface area contributed by atoms with Crippen molar-refractivity contribution in [1.29, 1.82) is 0 Å².